The molecule has 48 heavy (non-hydrogen) atoms. The Kier molecular flexibility index (Phi) is 7.95. The van der Waals surface area contributed by atoms with Crippen molar-refractivity contribution in [3.63, 3.8) is 0 Å². The van der Waals surface area contributed by atoms with Crippen LogP contribution in [0.15, 0.2) is 113 Å². The highest BCUT2D eigenvalue weighted by molar-refractivity contribution is 7.20. The van der Waals surface area contributed by atoms with Gasteiger partial charge in [-0.2, -0.15) is 9.78 Å². The first-order valence-electron chi connectivity index (χ1n) is 15.1. The number of hydrogen-bond donors (Lipinski definition) is 3. The van der Waals surface area contributed by atoms with Gasteiger partial charge in [-0.05, 0) is 91.9 Å². The molecule has 10 nitrogen and oxygen atoms in total. The number of carbonyl (C=O) groups is 2. The molecule has 11 heteroatoms. The molecule has 0 atom stereocenters. The summed E-state index contributed by atoms with van der Waals surface area (Å²) < 4.78 is 2.60. The minimum Gasteiger partial charge on any atom is -0.505 e. The van der Waals surface area contributed by atoms with Gasteiger partial charge in [-0.15, -0.1) is 10.2 Å². The van der Waals surface area contributed by atoms with Gasteiger partial charge in [0.05, 0.1) is 22.0 Å². The number of thiazole rings is 1. The van der Waals surface area contributed by atoms with Crippen molar-refractivity contribution < 1.29 is 14.7 Å². The summed E-state index contributed by atoms with van der Waals surface area (Å²) in [6.45, 7) is 5.73. The van der Waals surface area contributed by atoms with Crippen molar-refractivity contribution >= 4 is 67.0 Å². The number of nitrogens with zero attached hydrogens (tertiary/aromatic N) is 5. The topological polar surface area (TPSA) is 134 Å². The zero-order valence-corrected chi connectivity index (χ0v) is 27.0. The number of aromatic nitrogens is 3. The minimum atomic E-state index is -0.540. The highest BCUT2D eigenvalue weighted by Crippen LogP contribution is 2.41. The van der Waals surface area contributed by atoms with E-state index < -0.39 is 5.91 Å². The summed E-state index contributed by atoms with van der Waals surface area (Å²) in [5, 5.41) is 32.5. The molecular weight excluding hydrogens is 623 g/mol. The van der Waals surface area contributed by atoms with Crippen molar-refractivity contribution in [2.45, 2.75) is 20.8 Å². The van der Waals surface area contributed by atoms with Crippen molar-refractivity contribution in [1.82, 2.24) is 14.8 Å². The number of benzene rings is 5. The maximum absolute atomic E-state index is 13.6. The molecule has 0 fully saturated rings. The van der Waals surface area contributed by atoms with Crippen LogP contribution in [-0.4, -0.2) is 31.7 Å². The molecule has 0 radical (unpaired) electrons. The van der Waals surface area contributed by atoms with Gasteiger partial charge in [-0.25, -0.2) is 4.98 Å². The molecule has 5 aromatic carbocycles. The van der Waals surface area contributed by atoms with Gasteiger partial charge in [0, 0.05) is 27.9 Å². The molecule has 0 saturated heterocycles. The molecule has 0 saturated carbocycles. The van der Waals surface area contributed by atoms with Crippen molar-refractivity contribution in [1.29, 1.82) is 0 Å². The van der Waals surface area contributed by atoms with Crippen LogP contribution in [-0.2, 0) is 0 Å². The van der Waals surface area contributed by atoms with Crippen molar-refractivity contribution in [3.05, 3.63) is 131 Å². The van der Waals surface area contributed by atoms with Crippen LogP contribution < -0.4 is 10.6 Å². The second-order valence-electron chi connectivity index (χ2n) is 11.4. The predicted octanol–water partition coefficient (Wildman–Crippen LogP) is 9.19. The smallest absolute Gasteiger partial charge is 0.259 e. The number of para-hydroxylation sites is 1. The molecule has 0 aliphatic rings. The van der Waals surface area contributed by atoms with E-state index in [1.165, 1.54) is 11.3 Å². The number of phenolic OH excluding ortho intramolecular Hbond substituents is 1. The van der Waals surface area contributed by atoms with E-state index >= 15 is 0 Å². The zero-order valence-electron chi connectivity index (χ0n) is 26.2. The van der Waals surface area contributed by atoms with Gasteiger partial charge < -0.3 is 15.7 Å². The molecule has 2 heterocycles. The summed E-state index contributed by atoms with van der Waals surface area (Å²) in [5.41, 5.74) is 5.22. The highest BCUT2D eigenvalue weighted by Gasteiger charge is 2.21. The summed E-state index contributed by atoms with van der Waals surface area (Å²) >= 11 is 1.47. The third kappa shape index (κ3) is 6.02. The SMILES string of the molecule is Cc1cccc(NC(=O)c2ccc3c(N=Nc4c(C)cnn4-c4nc5ccccc5s4)c(O)c(C(=O)Nc4cccc(C)c4)cc3c2)c1. The first kappa shape index (κ1) is 30.5. The van der Waals surface area contributed by atoms with Crippen molar-refractivity contribution in [3.8, 4) is 10.9 Å². The third-order valence-electron chi connectivity index (χ3n) is 7.77. The number of aromatic hydroxyl groups is 1. The first-order chi connectivity index (χ1) is 23.2. The average Bonchev–Trinajstić information content (AvgIpc) is 3.66. The number of aryl methyl sites for hydroxylation is 3. The summed E-state index contributed by atoms with van der Waals surface area (Å²) in [7, 11) is 0. The van der Waals surface area contributed by atoms with Crippen LogP contribution in [0, 0.1) is 20.8 Å². The number of nitrogens with one attached hydrogen (secondary N) is 2. The van der Waals surface area contributed by atoms with Crippen LogP contribution in [0.1, 0.15) is 37.4 Å². The van der Waals surface area contributed by atoms with Crippen LogP contribution in [0.2, 0.25) is 0 Å². The largest absolute Gasteiger partial charge is 0.505 e. The monoisotopic (exact) mass is 651 g/mol. The quantitative estimate of drug-likeness (QED) is 0.148. The Balaban J connectivity index is 1.31. The summed E-state index contributed by atoms with van der Waals surface area (Å²) in [6, 6.07) is 29.2. The maximum Gasteiger partial charge on any atom is 0.259 e. The molecule has 0 bridgehead atoms. The molecule has 7 rings (SSSR count). The summed E-state index contributed by atoms with van der Waals surface area (Å²) in [4.78, 5) is 31.6. The van der Waals surface area contributed by atoms with Crippen LogP contribution in [0.25, 0.3) is 26.1 Å². The number of amides is 2. The average molecular weight is 652 g/mol. The molecule has 0 spiro atoms. The van der Waals surface area contributed by atoms with Crippen molar-refractivity contribution in [2.75, 3.05) is 10.6 Å². The fraction of sp³-hybridized carbons (Fsp3) is 0.0811. The lowest BCUT2D eigenvalue weighted by Gasteiger charge is -2.13. The van der Waals surface area contributed by atoms with E-state index in [0.717, 1.165) is 26.9 Å². The van der Waals surface area contributed by atoms with E-state index in [2.05, 4.69) is 26.0 Å². The fourth-order valence-electron chi connectivity index (χ4n) is 5.37. The number of rotatable bonds is 7. The van der Waals surface area contributed by atoms with Crippen LogP contribution in [0.4, 0.5) is 22.9 Å². The van der Waals surface area contributed by atoms with Gasteiger partial charge in [-0.1, -0.05) is 53.8 Å². The Bertz CT molecular complexity index is 2380. The Hall–Kier alpha value is -6.20. The lowest BCUT2D eigenvalue weighted by Crippen LogP contribution is -2.13. The molecule has 0 aliphatic heterocycles. The van der Waals surface area contributed by atoms with Gasteiger partial charge >= 0.3 is 0 Å². The number of hydrogen-bond acceptors (Lipinski definition) is 8. The standard InChI is InChI=1S/C37H29N7O3S/c1-21-8-6-10-26(16-21)39-35(46)24-14-15-28-25(18-24)19-29(36(47)40-27-11-7-9-22(2)17-27)33(45)32(28)42-43-34-23(3)20-38-44(34)37-41-30-12-4-5-13-31(30)48-37/h4-20,45H,1-3H3,(H,39,46)(H,40,47). The summed E-state index contributed by atoms with van der Waals surface area (Å²) in [6.07, 6.45) is 1.67. The number of anilines is 2. The lowest BCUT2D eigenvalue weighted by molar-refractivity contribution is 0.101. The third-order valence-corrected chi connectivity index (χ3v) is 8.79. The Morgan fingerprint density at radius 1 is 0.792 bits per heavy atom. The lowest BCUT2D eigenvalue weighted by atomic mass is 10.00. The minimum absolute atomic E-state index is 0.0226. The van der Waals surface area contributed by atoms with Gasteiger partial charge in [0.15, 0.2) is 11.6 Å². The second-order valence-corrected chi connectivity index (χ2v) is 12.4. The Morgan fingerprint density at radius 3 is 2.21 bits per heavy atom. The molecule has 0 aliphatic carbocycles. The number of fused-ring (bicyclic) bond motifs is 2. The molecule has 7 aromatic rings. The number of carbonyl (C=O) groups excluding carboxylic acids is 2. The van der Waals surface area contributed by atoms with Crippen LogP contribution >= 0.6 is 11.3 Å². The van der Waals surface area contributed by atoms with E-state index in [-0.39, 0.29) is 22.9 Å². The van der Waals surface area contributed by atoms with Crippen LogP contribution in [0.5, 0.6) is 5.75 Å². The number of azo groups is 1. The maximum atomic E-state index is 13.6. The predicted molar refractivity (Wildman–Crippen MR) is 190 cm³/mol. The van der Waals surface area contributed by atoms with Crippen molar-refractivity contribution in [2.24, 2.45) is 10.2 Å². The van der Waals surface area contributed by atoms with E-state index in [1.54, 1.807) is 41.2 Å². The number of phenols is 1. The zero-order chi connectivity index (χ0) is 33.4. The Labute approximate surface area is 279 Å². The molecule has 2 amide bonds. The van der Waals surface area contributed by atoms with Gasteiger partial charge in [0.25, 0.3) is 11.8 Å². The molecule has 2 aromatic heterocycles. The fourth-order valence-corrected chi connectivity index (χ4v) is 6.30. The normalized spacial score (nSPS) is 11.4. The first-order valence-corrected chi connectivity index (χ1v) is 15.9. The highest BCUT2D eigenvalue weighted by atomic mass is 32.1. The van der Waals surface area contributed by atoms with E-state index in [1.807, 2.05) is 87.5 Å². The van der Waals surface area contributed by atoms with Gasteiger partial charge in [-0.3, -0.25) is 9.59 Å². The molecule has 236 valence electrons. The van der Waals surface area contributed by atoms with E-state index in [0.29, 0.717) is 38.7 Å². The van der Waals surface area contributed by atoms with E-state index in [4.69, 9.17) is 4.98 Å². The second kappa shape index (κ2) is 12.5. The molecular formula is C37H29N7O3S. The van der Waals surface area contributed by atoms with Crippen LogP contribution in [0.3, 0.4) is 0 Å². The molecule has 3 N–H and O–H groups in total. The molecule has 0 unspecified atom stereocenters. The van der Waals surface area contributed by atoms with Gasteiger partial charge in [0.1, 0.15) is 5.69 Å². The van der Waals surface area contributed by atoms with Gasteiger partial charge in [0.2, 0.25) is 5.13 Å². The Morgan fingerprint density at radius 2 is 1.50 bits per heavy atom. The van der Waals surface area contributed by atoms with E-state index in [9.17, 15) is 14.7 Å². The summed E-state index contributed by atoms with van der Waals surface area (Å²) in [5.74, 6) is -0.788.